The first-order valence-corrected chi connectivity index (χ1v) is 10.8. The van der Waals surface area contributed by atoms with Gasteiger partial charge in [-0.15, -0.1) is 11.3 Å². The number of nitrogens with zero attached hydrogens (tertiary/aromatic N) is 2. The average molecular weight is 391 g/mol. The van der Waals surface area contributed by atoms with Crippen molar-refractivity contribution in [2.45, 2.75) is 45.7 Å². The lowest BCUT2D eigenvalue weighted by Crippen LogP contribution is -2.41. The first kappa shape index (κ1) is 18.9. The average Bonchev–Trinajstić information content (AvgIpc) is 3.16. The van der Waals surface area contributed by atoms with E-state index in [-0.39, 0.29) is 17.9 Å². The summed E-state index contributed by atoms with van der Waals surface area (Å²) < 4.78 is 0. The quantitative estimate of drug-likeness (QED) is 0.588. The number of carbonyl (C=O) groups is 1. The van der Waals surface area contributed by atoms with Crippen molar-refractivity contribution in [3.05, 3.63) is 76.8 Å². The van der Waals surface area contributed by atoms with Crippen LogP contribution in [0.4, 0.5) is 0 Å². The predicted octanol–water partition coefficient (Wildman–Crippen LogP) is 5.35. The number of amides is 1. The van der Waals surface area contributed by atoms with Crippen molar-refractivity contribution in [3.8, 4) is 10.6 Å². The van der Waals surface area contributed by atoms with E-state index in [0.29, 0.717) is 6.54 Å². The van der Waals surface area contributed by atoms with Gasteiger partial charge in [0.25, 0.3) is 0 Å². The van der Waals surface area contributed by atoms with Gasteiger partial charge in [-0.2, -0.15) is 0 Å². The molecule has 1 aliphatic rings. The first-order valence-electron chi connectivity index (χ1n) is 10.00. The number of aryl methyl sites for hydroxylation is 1. The molecule has 4 heteroatoms. The Kier molecular flexibility index (Phi) is 5.58. The van der Waals surface area contributed by atoms with Crippen molar-refractivity contribution in [1.29, 1.82) is 0 Å². The molecule has 0 saturated carbocycles. The van der Waals surface area contributed by atoms with E-state index in [1.165, 1.54) is 16.1 Å². The molecule has 0 spiro atoms. The van der Waals surface area contributed by atoms with Crippen LogP contribution in [0.2, 0.25) is 0 Å². The summed E-state index contributed by atoms with van der Waals surface area (Å²) in [5, 5.41) is 1.07. The third-order valence-corrected chi connectivity index (χ3v) is 6.58. The zero-order valence-electron chi connectivity index (χ0n) is 16.5. The molecule has 0 aliphatic heterocycles. The number of hydrogen-bond donors (Lipinski definition) is 0. The van der Waals surface area contributed by atoms with Crippen molar-refractivity contribution < 1.29 is 4.79 Å². The summed E-state index contributed by atoms with van der Waals surface area (Å²) in [7, 11) is 0. The van der Waals surface area contributed by atoms with Crippen LogP contribution in [-0.4, -0.2) is 21.8 Å². The van der Waals surface area contributed by atoms with Gasteiger partial charge in [0.15, 0.2) is 0 Å². The van der Waals surface area contributed by atoms with Crippen LogP contribution in [0.15, 0.2) is 60.7 Å². The van der Waals surface area contributed by atoms with Crippen LogP contribution in [0.5, 0.6) is 0 Å². The van der Waals surface area contributed by atoms with E-state index in [0.717, 1.165) is 29.8 Å². The van der Waals surface area contributed by atoms with Crippen LogP contribution in [0, 0.1) is 5.92 Å². The van der Waals surface area contributed by atoms with Gasteiger partial charge in [-0.3, -0.25) is 4.79 Å². The molecule has 4 rings (SSSR count). The molecule has 1 heterocycles. The molecule has 1 atom stereocenters. The molecule has 144 valence electrons. The maximum absolute atomic E-state index is 13.3. The lowest BCUT2D eigenvalue weighted by molar-refractivity contribution is -0.138. The van der Waals surface area contributed by atoms with E-state index in [4.69, 9.17) is 4.98 Å². The monoisotopic (exact) mass is 390 g/mol. The summed E-state index contributed by atoms with van der Waals surface area (Å²) in [5.41, 5.74) is 3.54. The minimum Gasteiger partial charge on any atom is -0.336 e. The Morgan fingerprint density at radius 2 is 1.79 bits per heavy atom. The van der Waals surface area contributed by atoms with Crippen LogP contribution in [0.3, 0.4) is 0 Å². The lowest BCUT2D eigenvalue weighted by Gasteiger charge is -2.32. The van der Waals surface area contributed by atoms with Gasteiger partial charge in [0, 0.05) is 28.9 Å². The molecule has 0 bridgehead atoms. The number of thiazole rings is 1. The largest absolute Gasteiger partial charge is 0.336 e. The summed E-state index contributed by atoms with van der Waals surface area (Å²) in [6.45, 7) is 4.89. The fraction of sp³-hybridized carbons (Fsp3) is 0.333. The highest BCUT2D eigenvalue weighted by molar-refractivity contribution is 7.15. The third kappa shape index (κ3) is 4.02. The molecule has 0 radical (unpaired) electrons. The molecule has 0 fully saturated rings. The van der Waals surface area contributed by atoms with Crippen LogP contribution in [-0.2, 0) is 24.2 Å². The van der Waals surface area contributed by atoms with Gasteiger partial charge in [0.2, 0.25) is 5.91 Å². The van der Waals surface area contributed by atoms with E-state index >= 15 is 0 Å². The molecule has 2 aromatic carbocycles. The highest BCUT2D eigenvalue weighted by Crippen LogP contribution is 2.35. The number of rotatable bonds is 5. The Balaban J connectivity index is 1.51. The second kappa shape index (κ2) is 8.27. The topological polar surface area (TPSA) is 33.2 Å². The first-order chi connectivity index (χ1) is 13.6. The molecule has 1 unspecified atom stereocenters. The van der Waals surface area contributed by atoms with Crippen LogP contribution in [0.25, 0.3) is 10.6 Å². The maximum atomic E-state index is 13.3. The number of benzene rings is 2. The van der Waals surface area contributed by atoms with Gasteiger partial charge in [0.05, 0.1) is 5.69 Å². The Morgan fingerprint density at radius 3 is 2.46 bits per heavy atom. The predicted molar refractivity (Wildman–Crippen MR) is 115 cm³/mol. The van der Waals surface area contributed by atoms with Gasteiger partial charge >= 0.3 is 0 Å². The Labute approximate surface area is 171 Å². The molecule has 3 nitrogen and oxygen atoms in total. The Bertz CT molecular complexity index is 934. The molecule has 1 aliphatic carbocycles. The maximum Gasteiger partial charge on any atom is 0.226 e. The normalized spacial score (nSPS) is 16.0. The molecule has 0 saturated heterocycles. The summed E-state index contributed by atoms with van der Waals surface area (Å²) in [6, 6.07) is 20.8. The van der Waals surface area contributed by atoms with E-state index in [1.807, 2.05) is 41.3 Å². The molecule has 1 aromatic heterocycles. The summed E-state index contributed by atoms with van der Waals surface area (Å²) in [6.07, 6.45) is 2.60. The summed E-state index contributed by atoms with van der Waals surface area (Å²) >= 11 is 1.75. The highest BCUT2D eigenvalue weighted by atomic mass is 32.1. The SMILES string of the molecule is CC(C)N(Cc1ccccc1)C(=O)C1CCc2nc(-c3ccccc3)sc2C1. The van der Waals surface area contributed by atoms with Crippen LogP contribution < -0.4 is 0 Å². The Morgan fingerprint density at radius 1 is 1.11 bits per heavy atom. The number of hydrogen-bond acceptors (Lipinski definition) is 3. The standard InChI is InChI=1S/C24H26N2OS/c1-17(2)26(16-18-9-5-3-6-10-18)24(27)20-13-14-21-22(15-20)28-23(25-21)19-11-7-4-8-12-19/h3-12,17,20H,13-16H2,1-2H3. The van der Waals surface area contributed by atoms with Gasteiger partial charge in [-0.25, -0.2) is 4.98 Å². The zero-order chi connectivity index (χ0) is 19.5. The molecule has 28 heavy (non-hydrogen) atoms. The third-order valence-electron chi connectivity index (χ3n) is 5.41. The highest BCUT2D eigenvalue weighted by Gasteiger charge is 2.31. The molecule has 0 N–H and O–H groups in total. The van der Waals surface area contributed by atoms with Crippen LogP contribution in [0.1, 0.15) is 36.4 Å². The summed E-state index contributed by atoms with van der Waals surface area (Å²) in [5.74, 6) is 0.335. The van der Waals surface area contributed by atoms with E-state index < -0.39 is 0 Å². The Hall–Kier alpha value is -2.46. The molecule has 3 aromatic rings. The fourth-order valence-electron chi connectivity index (χ4n) is 3.82. The second-order valence-corrected chi connectivity index (χ2v) is 8.82. The van der Waals surface area contributed by atoms with Crippen molar-refractivity contribution in [3.63, 3.8) is 0 Å². The van der Waals surface area contributed by atoms with Gasteiger partial charge in [-0.1, -0.05) is 60.7 Å². The van der Waals surface area contributed by atoms with Crippen molar-refractivity contribution in [2.24, 2.45) is 5.92 Å². The van der Waals surface area contributed by atoms with Crippen molar-refractivity contribution >= 4 is 17.2 Å². The fourth-order valence-corrected chi connectivity index (χ4v) is 5.01. The number of carbonyl (C=O) groups excluding carboxylic acids is 1. The van der Waals surface area contributed by atoms with E-state index in [1.54, 1.807) is 11.3 Å². The molecular formula is C24H26N2OS. The second-order valence-electron chi connectivity index (χ2n) is 7.74. The van der Waals surface area contributed by atoms with Crippen molar-refractivity contribution in [2.75, 3.05) is 0 Å². The smallest absolute Gasteiger partial charge is 0.226 e. The zero-order valence-corrected chi connectivity index (χ0v) is 17.3. The van der Waals surface area contributed by atoms with Gasteiger partial charge < -0.3 is 4.90 Å². The molecular weight excluding hydrogens is 364 g/mol. The van der Waals surface area contributed by atoms with Gasteiger partial charge in [-0.05, 0) is 38.7 Å². The van der Waals surface area contributed by atoms with Crippen molar-refractivity contribution in [1.82, 2.24) is 9.88 Å². The minimum absolute atomic E-state index is 0.0580. The van der Waals surface area contributed by atoms with Crippen LogP contribution >= 0.6 is 11.3 Å². The summed E-state index contributed by atoms with van der Waals surface area (Å²) in [4.78, 5) is 21.5. The number of aromatic nitrogens is 1. The minimum atomic E-state index is 0.0580. The van der Waals surface area contributed by atoms with E-state index in [9.17, 15) is 4.79 Å². The molecule has 1 amide bonds. The number of fused-ring (bicyclic) bond motifs is 1. The lowest BCUT2D eigenvalue weighted by atomic mass is 9.89. The van der Waals surface area contributed by atoms with Gasteiger partial charge in [0.1, 0.15) is 5.01 Å². The van der Waals surface area contributed by atoms with E-state index in [2.05, 4.69) is 38.1 Å².